The monoisotopic (exact) mass is 197 g/mol. The Morgan fingerprint density at radius 2 is 2.46 bits per heavy atom. The molecule has 0 saturated carbocycles. The van der Waals surface area contributed by atoms with Gasteiger partial charge in [-0.15, -0.1) is 16.5 Å². The molecule has 1 aromatic rings. The molecule has 1 aliphatic heterocycles. The summed E-state index contributed by atoms with van der Waals surface area (Å²) in [6, 6.07) is 0. The number of hydrogen-bond acceptors (Lipinski definition) is 7. The first-order valence-electron chi connectivity index (χ1n) is 3.26. The Balaban J connectivity index is 2.53. The van der Waals surface area contributed by atoms with E-state index in [0.29, 0.717) is 0 Å². The zero-order valence-corrected chi connectivity index (χ0v) is 7.01. The third-order valence-corrected chi connectivity index (χ3v) is 2.32. The van der Waals surface area contributed by atoms with Crippen LogP contribution in [0, 0.1) is 10.1 Å². The third kappa shape index (κ3) is 1.03. The van der Waals surface area contributed by atoms with E-state index in [1.54, 1.807) is 5.38 Å². The van der Waals surface area contributed by atoms with Gasteiger partial charge >= 0.3 is 5.79 Å². The Morgan fingerprint density at radius 1 is 1.62 bits per heavy atom. The third-order valence-electron chi connectivity index (χ3n) is 1.46. The number of azo groups is 1. The van der Waals surface area contributed by atoms with Crippen LogP contribution in [0.2, 0.25) is 0 Å². The van der Waals surface area contributed by atoms with E-state index in [0.717, 1.165) is 17.7 Å². The first-order chi connectivity index (χ1) is 6.26. The first kappa shape index (κ1) is 7.92. The maximum atomic E-state index is 10.7. The van der Waals surface area contributed by atoms with Crippen molar-refractivity contribution in [2.75, 3.05) is 0 Å². The molecule has 66 valence electrons. The van der Waals surface area contributed by atoms with Crippen LogP contribution in [0.5, 0.6) is 0 Å². The van der Waals surface area contributed by atoms with Gasteiger partial charge in [-0.1, -0.05) is 5.11 Å². The van der Waals surface area contributed by atoms with E-state index in [2.05, 4.69) is 20.2 Å². The molecule has 0 saturated heterocycles. The van der Waals surface area contributed by atoms with Crippen LogP contribution in [0.15, 0.2) is 26.8 Å². The number of aliphatic imine (C=N–C) groups is 1. The fourth-order valence-electron chi connectivity index (χ4n) is 0.887. The van der Waals surface area contributed by atoms with E-state index in [1.165, 1.54) is 6.20 Å². The predicted octanol–water partition coefficient (Wildman–Crippen LogP) is 1.02. The molecular weight excluding hydrogens is 194 g/mol. The number of nitrogens with zero attached hydrogens (tertiary/aromatic N) is 5. The minimum atomic E-state index is -1.83. The fourth-order valence-corrected chi connectivity index (χ4v) is 1.59. The van der Waals surface area contributed by atoms with Gasteiger partial charge in [0.1, 0.15) is 6.34 Å². The van der Waals surface area contributed by atoms with Crippen LogP contribution in [0.3, 0.4) is 0 Å². The van der Waals surface area contributed by atoms with Gasteiger partial charge in [0.15, 0.2) is 0 Å². The van der Waals surface area contributed by atoms with Crippen molar-refractivity contribution in [1.82, 2.24) is 4.98 Å². The summed E-state index contributed by atoms with van der Waals surface area (Å²) < 4.78 is 0. The number of rotatable bonds is 2. The molecule has 13 heavy (non-hydrogen) atoms. The highest BCUT2D eigenvalue weighted by Crippen LogP contribution is 2.32. The molecule has 0 aromatic carbocycles. The molecule has 1 unspecified atom stereocenters. The molecular formula is C5H3N5O2S. The smallest absolute Gasteiger partial charge is 0.260 e. The zero-order valence-electron chi connectivity index (χ0n) is 6.19. The molecule has 7 nitrogen and oxygen atoms in total. The molecule has 2 heterocycles. The summed E-state index contributed by atoms with van der Waals surface area (Å²) in [5.74, 6) is -1.83. The van der Waals surface area contributed by atoms with Crippen LogP contribution >= 0.6 is 11.3 Å². The maximum absolute atomic E-state index is 10.7. The molecule has 1 aliphatic rings. The molecule has 0 radical (unpaired) electrons. The summed E-state index contributed by atoms with van der Waals surface area (Å²) in [6.07, 6.45) is 2.53. The van der Waals surface area contributed by atoms with E-state index < -0.39 is 10.7 Å². The Bertz CT molecular complexity index is 372. The van der Waals surface area contributed by atoms with Crippen molar-refractivity contribution < 1.29 is 4.92 Å². The maximum Gasteiger partial charge on any atom is 0.483 e. The molecule has 1 aromatic heterocycles. The minimum Gasteiger partial charge on any atom is -0.260 e. The lowest BCUT2D eigenvalue weighted by molar-refractivity contribution is -0.575. The van der Waals surface area contributed by atoms with Crippen molar-refractivity contribution in [2.45, 2.75) is 5.79 Å². The van der Waals surface area contributed by atoms with Crippen LogP contribution in [0.4, 0.5) is 0 Å². The summed E-state index contributed by atoms with van der Waals surface area (Å²) in [5, 5.41) is 19.4. The second kappa shape index (κ2) is 2.66. The highest BCUT2D eigenvalue weighted by Gasteiger charge is 2.50. The van der Waals surface area contributed by atoms with E-state index in [1.807, 2.05) is 0 Å². The van der Waals surface area contributed by atoms with Gasteiger partial charge in [0.25, 0.3) is 0 Å². The molecule has 0 aliphatic carbocycles. The quantitative estimate of drug-likeness (QED) is 0.523. The lowest BCUT2D eigenvalue weighted by Crippen LogP contribution is -2.29. The second-order valence-corrected chi connectivity index (χ2v) is 3.08. The lowest BCUT2D eigenvalue weighted by Gasteiger charge is -2.07. The average Bonchev–Trinajstić information content (AvgIpc) is 2.75. The fraction of sp³-hybridized carbons (Fsp3) is 0.200. The molecule has 0 bridgehead atoms. The van der Waals surface area contributed by atoms with E-state index in [-0.39, 0.29) is 5.01 Å². The second-order valence-electron chi connectivity index (χ2n) is 2.19. The normalized spacial score (nSPS) is 25.2. The Kier molecular flexibility index (Phi) is 1.62. The van der Waals surface area contributed by atoms with Crippen molar-refractivity contribution in [3.05, 3.63) is 26.7 Å². The summed E-state index contributed by atoms with van der Waals surface area (Å²) in [6.45, 7) is 0. The standard InChI is InChI=1S/C5H3N5O2S/c11-10(12)5(7-3-8-9-5)4-6-1-2-13-4/h1-3H. The van der Waals surface area contributed by atoms with Crippen LogP contribution in [-0.4, -0.2) is 16.2 Å². The van der Waals surface area contributed by atoms with Crippen molar-refractivity contribution >= 4 is 17.7 Å². The minimum absolute atomic E-state index is 0.218. The summed E-state index contributed by atoms with van der Waals surface area (Å²) in [5.41, 5.74) is 0. The molecule has 0 fully saturated rings. The number of nitro groups is 1. The summed E-state index contributed by atoms with van der Waals surface area (Å²) >= 11 is 1.13. The Morgan fingerprint density at radius 3 is 2.92 bits per heavy atom. The van der Waals surface area contributed by atoms with Crippen molar-refractivity contribution in [1.29, 1.82) is 0 Å². The topological polar surface area (TPSA) is 93.1 Å². The van der Waals surface area contributed by atoms with Gasteiger partial charge in [0.2, 0.25) is 5.01 Å². The van der Waals surface area contributed by atoms with Crippen LogP contribution in [-0.2, 0) is 5.79 Å². The van der Waals surface area contributed by atoms with Crippen molar-refractivity contribution in [3.63, 3.8) is 0 Å². The van der Waals surface area contributed by atoms with Gasteiger partial charge in [0, 0.05) is 11.6 Å². The van der Waals surface area contributed by atoms with Crippen LogP contribution in [0.1, 0.15) is 5.01 Å². The van der Waals surface area contributed by atoms with Gasteiger partial charge in [-0.25, -0.2) is 4.98 Å². The van der Waals surface area contributed by atoms with Crippen LogP contribution in [0.25, 0.3) is 0 Å². The zero-order chi connectivity index (χ0) is 9.31. The molecule has 0 N–H and O–H groups in total. The van der Waals surface area contributed by atoms with Gasteiger partial charge < -0.3 is 0 Å². The number of hydrogen-bond donors (Lipinski definition) is 0. The SMILES string of the molecule is O=[N+]([O-])C1(c2nccs2)N=CN=N1. The molecule has 0 amide bonds. The summed E-state index contributed by atoms with van der Waals surface area (Å²) in [4.78, 5) is 17.5. The van der Waals surface area contributed by atoms with Gasteiger partial charge in [-0.05, 0) is 0 Å². The largest absolute Gasteiger partial charge is 0.483 e. The predicted molar refractivity (Wildman–Crippen MR) is 44.1 cm³/mol. The van der Waals surface area contributed by atoms with Gasteiger partial charge in [-0.2, -0.15) is 4.99 Å². The van der Waals surface area contributed by atoms with Gasteiger partial charge in [0.05, 0.1) is 4.92 Å². The Labute approximate surface area is 76.0 Å². The van der Waals surface area contributed by atoms with E-state index >= 15 is 0 Å². The average molecular weight is 197 g/mol. The highest BCUT2D eigenvalue weighted by molar-refractivity contribution is 7.09. The van der Waals surface area contributed by atoms with Crippen LogP contribution < -0.4 is 0 Å². The Hall–Kier alpha value is -1.70. The molecule has 0 spiro atoms. The lowest BCUT2D eigenvalue weighted by atomic mass is 10.4. The van der Waals surface area contributed by atoms with E-state index in [4.69, 9.17) is 0 Å². The van der Waals surface area contributed by atoms with Crippen molar-refractivity contribution in [3.8, 4) is 0 Å². The number of thiazole rings is 1. The highest BCUT2D eigenvalue weighted by atomic mass is 32.1. The summed E-state index contributed by atoms with van der Waals surface area (Å²) in [7, 11) is 0. The first-order valence-corrected chi connectivity index (χ1v) is 4.14. The van der Waals surface area contributed by atoms with E-state index in [9.17, 15) is 10.1 Å². The van der Waals surface area contributed by atoms with Crippen molar-refractivity contribution in [2.24, 2.45) is 15.2 Å². The molecule has 8 heteroatoms. The van der Waals surface area contributed by atoms with Gasteiger partial charge in [-0.3, -0.25) is 10.1 Å². The number of aromatic nitrogens is 1. The molecule has 2 rings (SSSR count). The molecule has 1 atom stereocenters.